The van der Waals surface area contributed by atoms with Crippen molar-refractivity contribution in [1.82, 2.24) is 19.7 Å². The molecule has 0 saturated carbocycles. The van der Waals surface area contributed by atoms with Crippen LogP contribution in [0.25, 0.3) is 16.7 Å². The van der Waals surface area contributed by atoms with Gasteiger partial charge >= 0.3 is 5.91 Å². The number of hydrogen-bond acceptors (Lipinski definition) is 5. The van der Waals surface area contributed by atoms with Gasteiger partial charge in [-0.3, -0.25) is 10.5 Å². The standard InChI is InChI=1S/C14H12ClN5O2S/c1-7(11(16)21)23-14-18-12-10(13(22)19-14)6-17-20(12)9-4-2-3-8(15)5-9/h2-7H,1H3,(H2,16,21)(H,18,19,22)/p+1. The molecule has 3 aromatic rings. The van der Waals surface area contributed by atoms with Gasteiger partial charge in [0.2, 0.25) is 0 Å². The number of hydrogen-bond donors (Lipinski definition) is 2. The van der Waals surface area contributed by atoms with Crippen molar-refractivity contribution in [2.24, 2.45) is 0 Å². The van der Waals surface area contributed by atoms with Gasteiger partial charge in [0.05, 0.1) is 11.9 Å². The lowest BCUT2D eigenvalue weighted by molar-refractivity contribution is -0.304. The summed E-state index contributed by atoms with van der Waals surface area (Å²) in [6, 6.07) is 7.08. The fourth-order valence-electron chi connectivity index (χ4n) is 1.98. The molecular weight excluding hydrogens is 338 g/mol. The average molecular weight is 351 g/mol. The first-order valence-corrected chi connectivity index (χ1v) is 7.98. The first kappa shape index (κ1) is 15.7. The molecule has 2 heterocycles. The minimum Gasteiger partial charge on any atom is -0.301 e. The minimum absolute atomic E-state index is 0.235. The number of nitrogens with one attached hydrogen (secondary N) is 1. The second-order valence-electron chi connectivity index (χ2n) is 4.87. The second-order valence-corrected chi connectivity index (χ2v) is 6.64. The summed E-state index contributed by atoms with van der Waals surface area (Å²) in [5.41, 5.74) is 4.16. The highest BCUT2D eigenvalue weighted by atomic mass is 35.5. The van der Waals surface area contributed by atoms with E-state index in [-0.39, 0.29) is 11.5 Å². The maximum Gasteiger partial charge on any atom is 0.322 e. The van der Waals surface area contributed by atoms with Gasteiger partial charge in [0, 0.05) is 5.02 Å². The number of amides is 1. The third-order valence-corrected chi connectivity index (χ3v) is 4.48. The molecule has 1 atom stereocenters. The molecule has 0 radical (unpaired) electrons. The third kappa shape index (κ3) is 3.14. The predicted molar refractivity (Wildman–Crippen MR) is 87.7 cm³/mol. The van der Waals surface area contributed by atoms with Crippen LogP contribution in [0, 0.1) is 0 Å². The predicted octanol–water partition coefficient (Wildman–Crippen LogP) is 1.01. The van der Waals surface area contributed by atoms with Crippen LogP contribution in [-0.4, -0.2) is 30.9 Å². The number of aromatic nitrogens is 4. The summed E-state index contributed by atoms with van der Waals surface area (Å²) in [5, 5.41) is 5.07. The van der Waals surface area contributed by atoms with E-state index < -0.39 is 5.25 Å². The molecule has 0 bridgehead atoms. The van der Waals surface area contributed by atoms with Crippen LogP contribution in [0.5, 0.6) is 0 Å². The molecule has 4 N–H and O–H groups in total. The Labute approximate surface area is 139 Å². The molecule has 0 aliphatic heterocycles. The molecule has 23 heavy (non-hydrogen) atoms. The summed E-state index contributed by atoms with van der Waals surface area (Å²) in [6.45, 7) is 1.71. The van der Waals surface area contributed by atoms with Gasteiger partial charge in [0.15, 0.2) is 10.8 Å². The lowest BCUT2D eigenvalue weighted by Crippen LogP contribution is -2.60. The van der Waals surface area contributed by atoms with Crippen molar-refractivity contribution in [2.75, 3.05) is 0 Å². The van der Waals surface area contributed by atoms with E-state index in [1.54, 1.807) is 25.1 Å². The van der Waals surface area contributed by atoms with Crippen molar-refractivity contribution in [2.45, 2.75) is 17.3 Å². The summed E-state index contributed by atoms with van der Waals surface area (Å²) in [5.74, 6) is -0.235. The molecule has 1 amide bonds. The summed E-state index contributed by atoms with van der Waals surface area (Å²) in [4.78, 5) is 30.5. The number of carbonyl (C=O) groups excluding carboxylic acids is 1. The van der Waals surface area contributed by atoms with E-state index in [0.29, 0.717) is 26.9 Å². The highest BCUT2D eigenvalue weighted by Crippen LogP contribution is 2.21. The molecule has 1 unspecified atom stereocenters. The van der Waals surface area contributed by atoms with Gasteiger partial charge in [-0.1, -0.05) is 29.4 Å². The number of fused-ring (bicyclic) bond motifs is 1. The molecule has 3 rings (SSSR count). The minimum atomic E-state index is -0.404. The van der Waals surface area contributed by atoms with Crippen LogP contribution >= 0.6 is 23.4 Å². The molecule has 1 aromatic carbocycles. The Balaban J connectivity index is 2.13. The molecule has 0 spiro atoms. The Morgan fingerprint density at radius 1 is 1.48 bits per heavy atom. The van der Waals surface area contributed by atoms with Crippen LogP contribution < -0.4 is 11.3 Å². The molecule has 2 aromatic heterocycles. The maximum absolute atomic E-state index is 12.2. The number of rotatable bonds is 4. The zero-order chi connectivity index (χ0) is 16.6. The average Bonchev–Trinajstić information content (AvgIpc) is 2.91. The van der Waals surface area contributed by atoms with Gasteiger partial charge in [-0.05, 0) is 25.1 Å². The molecular formula is C14H13ClN5O2S+. The van der Waals surface area contributed by atoms with Crippen molar-refractivity contribution < 1.29 is 10.5 Å². The quantitative estimate of drug-likeness (QED) is 0.539. The Morgan fingerprint density at radius 2 is 2.26 bits per heavy atom. The number of quaternary nitrogens is 1. The van der Waals surface area contributed by atoms with Crippen molar-refractivity contribution in [3.8, 4) is 5.69 Å². The Bertz CT molecular complexity index is 952. The van der Waals surface area contributed by atoms with E-state index in [1.807, 2.05) is 6.07 Å². The monoisotopic (exact) mass is 350 g/mol. The van der Waals surface area contributed by atoms with Gasteiger partial charge in [-0.2, -0.15) is 5.10 Å². The van der Waals surface area contributed by atoms with Crippen LogP contribution in [0.15, 0.2) is 40.4 Å². The zero-order valence-corrected chi connectivity index (χ0v) is 13.7. The van der Waals surface area contributed by atoms with Crippen LogP contribution in [0.4, 0.5) is 0 Å². The van der Waals surface area contributed by atoms with E-state index in [0.717, 1.165) is 11.8 Å². The fraction of sp³-hybridized carbons (Fsp3) is 0.143. The SMILES string of the molecule is CC(Sc1nc2c(cnn2-c2cccc(Cl)c2)c(=O)[nH]1)C([NH3+])=O. The third-order valence-electron chi connectivity index (χ3n) is 3.21. The molecule has 0 saturated heterocycles. The van der Waals surface area contributed by atoms with E-state index in [2.05, 4.69) is 20.8 Å². The number of halogens is 1. The smallest absolute Gasteiger partial charge is 0.301 e. The number of thioether (sulfide) groups is 1. The van der Waals surface area contributed by atoms with Gasteiger partial charge in [-0.15, -0.1) is 0 Å². The summed E-state index contributed by atoms with van der Waals surface area (Å²) < 4.78 is 1.54. The highest BCUT2D eigenvalue weighted by Gasteiger charge is 2.18. The molecule has 0 fully saturated rings. The first-order chi connectivity index (χ1) is 11.0. The second kappa shape index (κ2) is 6.15. The fourth-order valence-corrected chi connectivity index (χ4v) is 2.93. The lowest BCUT2D eigenvalue weighted by Gasteiger charge is -2.06. The van der Waals surface area contributed by atoms with Gasteiger partial charge in [0.25, 0.3) is 5.56 Å². The zero-order valence-electron chi connectivity index (χ0n) is 12.1. The topological polar surface area (TPSA) is 108 Å². The largest absolute Gasteiger partial charge is 0.322 e. The number of aromatic amines is 1. The van der Waals surface area contributed by atoms with Crippen LogP contribution in [0.2, 0.25) is 5.02 Å². The molecule has 0 aliphatic carbocycles. The van der Waals surface area contributed by atoms with E-state index >= 15 is 0 Å². The number of benzene rings is 1. The van der Waals surface area contributed by atoms with Crippen LogP contribution in [-0.2, 0) is 4.79 Å². The van der Waals surface area contributed by atoms with Gasteiger partial charge in [0.1, 0.15) is 10.6 Å². The van der Waals surface area contributed by atoms with Crippen LogP contribution in [0.3, 0.4) is 0 Å². The normalized spacial score (nSPS) is 12.5. The molecule has 9 heteroatoms. The number of H-pyrrole nitrogens is 1. The van der Waals surface area contributed by atoms with E-state index in [1.165, 1.54) is 10.9 Å². The number of carbonyl (C=O) groups is 1. The van der Waals surface area contributed by atoms with Crippen molar-refractivity contribution in [3.05, 3.63) is 45.8 Å². The molecule has 7 nitrogen and oxygen atoms in total. The summed E-state index contributed by atoms with van der Waals surface area (Å²) in [7, 11) is 0. The molecule has 118 valence electrons. The molecule has 0 aliphatic rings. The van der Waals surface area contributed by atoms with Gasteiger partial charge in [-0.25, -0.2) is 14.5 Å². The Morgan fingerprint density at radius 3 is 2.96 bits per heavy atom. The van der Waals surface area contributed by atoms with Crippen LogP contribution in [0.1, 0.15) is 6.92 Å². The summed E-state index contributed by atoms with van der Waals surface area (Å²) in [6.07, 6.45) is 1.45. The Kier molecular flexibility index (Phi) is 4.20. The van der Waals surface area contributed by atoms with Crippen molar-refractivity contribution >= 4 is 40.3 Å². The van der Waals surface area contributed by atoms with Crippen molar-refractivity contribution in [3.63, 3.8) is 0 Å². The first-order valence-electron chi connectivity index (χ1n) is 6.72. The number of nitrogens with zero attached hydrogens (tertiary/aromatic N) is 3. The van der Waals surface area contributed by atoms with E-state index in [4.69, 9.17) is 11.6 Å². The van der Waals surface area contributed by atoms with E-state index in [9.17, 15) is 9.59 Å². The Hall–Kier alpha value is -2.16. The van der Waals surface area contributed by atoms with Gasteiger partial charge < -0.3 is 4.98 Å². The lowest BCUT2D eigenvalue weighted by atomic mass is 10.3. The highest BCUT2D eigenvalue weighted by molar-refractivity contribution is 8.00. The summed E-state index contributed by atoms with van der Waals surface area (Å²) >= 11 is 7.15. The maximum atomic E-state index is 12.2. The van der Waals surface area contributed by atoms with Crippen molar-refractivity contribution in [1.29, 1.82) is 0 Å².